The summed E-state index contributed by atoms with van der Waals surface area (Å²) in [5.74, 6) is 0.140. The fourth-order valence-corrected chi connectivity index (χ4v) is 4.02. The van der Waals surface area contributed by atoms with Crippen molar-refractivity contribution < 1.29 is 9.59 Å². The van der Waals surface area contributed by atoms with Crippen molar-refractivity contribution >= 4 is 29.0 Å². The maximum Gasteiger partial charge on any atom is 0.250 e. The number of fused-ring (bicyclic) bond motifs is 1. The molecular weight excluding hydrogens is 334 g/mol. The third-order valence-corrected chi connectivity index (χ3v) is 5.60. The van der Waals surface area contributed by atoms with Gasteiger partial charge >= 0.3 is 0 Å². The van der Waals surface area contributed by atoms with Crippen molar-refractivity contribution in [3.63, 3.8) is 0 Å². The minimum absolute atomic E-state index is 0.0298. The molecule has 0 aromatic carbocycles. The second kappa shape index (κ2) is 6.96. The maximum absolute atomic E-state index is 13.2. The lowest BCUT2D eigenvalue weighted by Crippen LogP contribution is -2.60. The lowest BCUT2D eigenvalue weighted by molar-refractivity contribution is -0.135. The largest absolute Gasteiger partial charge is 0.346 e. The van der Waals surface area contributed by atoms with E-state index in [1.54, 1.807) is 11.3 Å². The average molecular weight is 357 g/mol. The Morgan fingerprint density at radius 3 is 3.00 bits per heavy atom. The Balaban J connectivity index is 1.86. The van der Waals surface area contributed by atoms with Crippen LogP contribution in [0, 0.1) is 0 Å². The predicted molar refractivity (Wildman–Crippen MR) is 100 cm³/mol. The summed E-state index contributed by atoms with van der Waals surface area (Å²) >= 11 is 1.64. The van der Waals surface area contributed by atoms with Gasteiger partial charge in [0, 0.05) is 11.1 Å². The summed E-state index contributed by atoms with van der Waals surface area (Å²) in [5.41, 5.74) is 0.0420. The van der Waals surface area contributed by atoms with Crippen LogP contribution in [0.5, 0.6) is 0 Å². The van der Waals surface area contributed by atoms with Crippen LogP contribution in [0.25, 0.3) is 0 Å². The van der Waals surface area contributed by atoms with Crippen LogP contribution in [0.3, 0.4) is 0 Å². The first-order valence-corrected chi connectivity index (χ1v) is 9.43. The van der Waals surface area contributed by atoms with Crippen molar-refractivity contribution in [3.05, 3.63) is 46.3 Å². The molecule has 1 aromatic heterocycles. The summed E-state index contributed by atoms with van der Waals surface area (Å²) in [7, 11) is 0. The Morgan fingerprint density at radius 1 is 1.52 bits per heavy atom. The van der Waals surface area contributed by atoms with E-state index < -0.39 is 5.54 Å². The molecule has 2 aliphatic rings. The number of amidine groups is 1. The standard InChI is InChI=1S/C19H23N3O2S/c1-4-6-14(15-7-5-10-25-15)20-18(24)19(3)12-17(23)21-16-11-13(2)8-9-22(16)19/h5,7-11,14H,4,6,12H2,1-3H3,(H,20,24). The summed E-state index contributed by atoms with van der Waals surface area (Å²) < 4.78 is 0. The van der Waals surface area contributed by atoms with Gasteiger partial charge in [-0.05, 0) is 49.4 Å². The number of carbonyl (C=O) groups is 2. The second-order valence-electron chi connectivity index (χ2n) is 6.72. The lowest BCUT2D eigenvalue weighted by atomic mass is 9.90. The zero-order chi connectivity index (χ0) is 18.0. The van der Waals surface area contributed by atoms with Gasteiger partial charge in [-0.25, -0.2) is 0 Å². The van der Waals surface area contributed by atoms with Crippen LogP contribution in [0.15, 0.2) is 46.4 Å². The predicted octanol–water partition coefficient (Wildman–Crippen LogP) is 3.57. The topological polar surface area (TPSA) is 61.8 Å². The van der Waals surface area contributed by atoms with E-state index in [-0.39, 0.29) is 24.3 Å². The summed E-state index contributed by atoms with van der Waals surface area (Å²) in [6, 6.07) is 4.00. The molecule has 3 heterocycles. The van der Waals surface area contributed by atoms with Crippen molar-refractivity contribution in [2.75, 3.05) is 0 Å². The molecule has 0 saturated carbocycles. The molecule has 5 nitrogen and oxygen atoms in total. The number of nitrogens with zero attached hydrogens (tertiary/aromatic N) is 2. The number of nitrogens with one attached hydrogen (secondary N) is 1. The van der Waals surface area contributed by atoms with Gasteiger partial charge in [-0.1, -0.05) is 19.4 Å². The molecule has 0 bridgehead atoms. The Labute approximate surface area is 152 Å². The highest BCUT2D eigenvalue weighted by Crippen LogP contribution is 2.31. The highest BCUT2D eigenvalue weighted by Gasteiger charge is 2.45. The normalized spacial score (nSPS) is 23.6. The van der Waals surface area contributed by atoms with Crippen LogP contribution in [0.4, 0.5) is 0 Å². The highest BCUT2D eigenvalue weighted by molar-refractivity contribution is 7.10. The number of allylic oxidation sites excluding steroid dienone is 2. The summed E-state index contributed by atoms with van der Waals surface area (Å²) in [5, 5.41) is 5.18. The quantitative estimate of drug-likeness (QED) is 0.876. The van der Waals surface area contributed by atoms with Gasteiger partial charge in [-0.2, -0.15) is 4.99 Å². The highest BCUT2D eigenvalue weighted by atomic mass is 32.1. The maximum atomic E-state index is 13.2. The molecule has 0 radical (unpaired) electrons. The van der Waals surface area contributed by atoms with Crippen molar-refractivity contribution in [3.8, 4) is 0 Å². The zero-order valence-electron chi connectivity index (χ0n) is 14.8. The third-order valence-electron chi connectivity index (χ3n) is 4.61. The van der Waals surface area contributed by atoms with E-state index in [9.17, 15) is 9.59 Å². The van der Waals surface area contributed by atoms with Crippen LogP contribution in [0.2, 0.25) is 0 Å². The van der Waals surface area contributed by atoms with Gasteiger partial charge in [-0.15, -0.1) is 11.3 Å². The first-order chi connectivity index (χ1) is 11.9. The fraction of sp³-hybridized carbons (Fsp3) is 0.421. The van der Waals surface area contributed by atoms with Gasteiger partial charge in [0.25, 0.3) is 5.91 Å². The number of carbonyl (C=O) groups excluding carboxylic acids is 2. The summed E-state index contributed by atoms with van der Waals surface area (Å²) in [4.78, 5) is 32.4. The first-order valence-electron chi connectivity index (χ1n) is 8.56. The number of hydrogen-bond acceptors (Lipinski definition) is 4. The van der Waals surface area contributed by atoms with Crippen LogP contribution in [0.1, 0.15) is 51.0 Å². The van der Waals surface area contributed by atoms with Crippen molar-refractivity contribution in [2.45, 2.75) is 51.6 Å². The number of hydrogen-bond donors (Lipinski definition) is 1. The van der Waals surface area contributed by atoms with Gasteiger partial charge in [0.1, 0.15) is 11.4 Å². The molecule has 0 saturated heterocycles. The van der Waals surface area contributed by atoms with Crippen LogP contribution >= 0.6 is 11.3 Å². The zero-order valence-corrected chi connectivity index (χ0v) is 15.6. The molecule has 0 fully saturated rings. The molecule has 0 aliphatic carbocycles. The Hall–Kier alpha value is -2.21. The van der Waals surface area contributed by atoms with Gasteiger partial charge in [0.05, 0.1) is 12.5 Å². The molecular formula is C19H23N3O2S. The molecule has 2 atom stereocenters. The van der Waals surface area contributed by atoms with Gasteiger partial charge in [0.15, 0.2) is 0 Å². The van der Waals surface area contributed by atoms with Gasteiger partial charge < -0.3 is 10.2 Å². The summed E-state index contributed by atoms with van der Waals surface area (Å²) in [6.45, 7) is 5.86. The first kappa shape index (κ1) is 17.6. The Morgan fingerprint density at radius 2 is 2.32 bits per heavy atom. The minimum Gasteiger partial charge on any atom is -0.346 e. The van der Waals surface area contributed by atoms with Crippen LogP contribution in [-0.2, 0) is 9.59 Å². The van der Waals surface area contributed by atoms with E-state index in [1.807, 2.05) is 54.6 Å². The number of amides is 2. The number of thiophene rings is 1. The molecule has 1 aromatic rings. The van der Waals surface area contributed by atoms with Crippen molar-refractivity contribution in [1.29, 1.82) is 0 Å². The minimum atomic E-state index is -0.967. The van der Waals surface area contributed by atoms with E-state index >= 15 is 0 Å². The SMILES string of the molecule is CCCC(NC(=O)C1(C)CC(=O)N=C2C=C(C)C=CN21)c1cccs1. The van der Waals surface area contributed by atoms with E-state index in [0.717, 1.165) is 23.3 Å². The molecule has 0 spiro atoms. The molecule has 25 heavy (non-hydrogen) atoms. The fourth-order valence-electron chi connectivity index (χ4n) is 3.21. The van der Waals surface area contributed by atoms with Crippen molar-refractivity contribution in [1.82, 2.24) is 10.2 Å². The smallest absolute Gasteiger partial charge is 0.250 e. The Kier molecular flexibility index (Phi) is 4.90. The van der Waals surface area contributed by atoms with Gasteiger partial charge in [-0.3, -0.25) is 9.59 Å². The molecule has 2 unspecified atom stereocenters. The van der Waals surface area contributed by atoms with Crippen molar-refractivity contribution in [2.24, 2.45) is 4.99 Å². The van der Waals surface area contributed by atoms with Crippen LogP contribution < -0.4 is 5.32 Å². The summed E-state index contributed by atoms with van der Waals surface area (Å²) in [6.07, 6.45) is 7.53. The molecule has 132 valence electrons. The third kappa shape index (κ3) is 3.44. The molecule has 3 rings (SSSR count). The van der Waals surface area contributed by atoms with E-state index in [2.05, 4.69) is 17.2 Å². The van der Waals surface area contributed by atoms with E-state index in [4.69, 9.17) is 0 Å². The van der Waals surface area contributed by atoms with Gasteiger partial charge in [0.2, 0.25) is 5.91 Å². The molecule has 2 aliphatic heterocycles. The number of rotatable bonds is 5. The van der Waals surface area contributed by atoms with E-state index in [0.29, 0.717) is 5.84 Å². The average Bonchev–Trinajstić information content (AvgIpc) is 3.07. The molecule has 6 heteroatoms. The second-order valence-corrected chi connectivity index (χ2v) is 7.70. The van der Waals surface area contributed by atoms with Crippen LogP contribution in [-0.4, -0.2) is 28.1 Å². The lowest BCUT2D eigenvalue weighted by Gasteiger charge is -2.42. The molecule has 2 amide bonds. The molecule has 1 N–H and O–H groups in total. The monoisotopic (exact) mass is 357 g/mol. The van der Waals surface area contributed by atoms with E-state index in [1.165, 1.54) is 0 Å². The Bertz CT molecular complexity index is 764. The number of aliphatic imine (C=N–C) groups is 1.